The average Bonchev–Trinajstić information content (AvgIpc) is 2.91. The highest BCUT2D eigenvalue weighted by molar-refractivity contribution is 6.07. The molecule has 0 aromatic heterocycles. The fraction of sp³-hybridized carbons (Fsp3) is 0.600. The fourth-order valence-corrected chi connectivity index (χ4v) is 4.28. The van der Waals surface area contributed by atoms with E-state index < -0.39 is 5.54 Å². The van der Waals surface area contributed by atoms with Crippen LogP contribution in [-0.2, 0) is 4.79 Å². The van der Waals surface area contributed by atoms with E-state index in [4.69, 9.17) is 10.1 Å². The van der Waals surface area contributed by atoms with E-state index >= 15 is 0 Å². The quantitative estimate of drug-likeness (QED) is 0.820. The Balaban J connectivity index is 1.85. The van der Waals surface area contributed by atoms with Gasteiger partial charge in [0.2, 0.25) is 0 Å². The van der Waals surface area contributed by atoms with Gasteiger partial charge in [-0.1, -0.05) is 25.8 Å². The number of nitrogens with zero attached hydrogens (tertiary/aromatic N) is 2. The van der Waals surface area contributed by atoms with E-state index in [0.29, 0.717) is 0 Å². The number of rotatable bonds is 6. The molecule has 2 atom stereocenters. The van der Waals surface area contributed by atoms with E-state index in [9.17, 15) is 4.79 Å². The Morgan fingerprint density at radius 2 is 2.23 bits per heavy atom. The van der Waals surface area contributed by atoms with Crippen LogP contribution in [0.1, 0.15) is 39.0 Å². The van der Waals surface area contributed by atoms with Crippen LogP contribution in [0.2, 0.25) is 0 Å². The standard InChI is InChI=1S/C20H30N4O2/c1-4-5-11-20(18(25)23(2)19(21)22-20)15-8-7-12-24(14-15)16-9-6-10-17(13-16)26-3/h6,9-10,13,15H,4-5,7-8,11-12,14H2,1-3H3,(H2,21,22)/t15-,20-/m1/s1. The van der Waals surface area contributed by atoms with Crippen LogP contribution < -0.4 is 15.0 Å². The maximum atomic E-state index is 13.1. The summed E-state index contributed by atoms with van der Waals surface area (Å²) >= 11 is 0. The Labute approximate surface area is 156 Å². The Kier molecular flexibility index (Phi) is 5.39. The summed E-state index contributed by atoms with van der Waals surface area (Å²) in [6.45, 7) is 3.94. The number of ether oxygens (including phenoxy) is 1. The molecule has 2 aliphatic heterocycles. The molecule has 1 aromatic rings. The third-order valence-corrected chi connectivity index (χ3v) is 5.82. The molecular formula is C20H30N4O2. The van der Waals surface area contributed by atoms with Gasteiger partial charge in [-0.3, -0.25) is 15.1 Å². The molecular weight excluding hydrogens is 328 g/mol. The van der Waals surface area contributed by atoms with Gasteiger partial charge in [-0.2, -0.15) is 0 Å². The molecule has 1 aromatic carbocycles. The lowest BCUT2D eigenvalue weighted by molar-refractivity contribution is -0.132. The predicted octanol–water partition coefficient (Wildman–Crippen LogP) is 2.84. The monoisotopic (exact) mass is 358 g/mol. The van der Waals surface area contributed by atoms with Gasteiger partial charge in [0.15, 0.2) is 5.96 Å². The molecule has 6 nitrogen and oxygen atoms in total. The number of methoxy groups -OCH3 is 1. The summed E-state index contributed by atoms with van der Waals surface area (Å²) in [6, 6.07) is 8.11. The van der Waals surface area contributed by atoms with Gasteiger partial charge < -0.3 is 15.0 Å². The molecule has 2 heterocycles. The Morgan fingerprint density at radius 3 is 2.88 bits per heavy atom. The molecule has 0 unspecified atom stereocenters. The lowest BCUT2D eigenvalue weighted by atomic mass is 9.75. The van der Waals surface area contributed by atoms with Crippen LogP contribution in [-0.4, -0.2) is 49.6 Å². The number of likely N-dealkylation sites (N-methyl/N-ethyl adjacent to an activating group) is 1. The van der Waals surface area contributed by atoms with Crippen molar-refractivity contribution in [1.29, 1.82) is 5.41 Å². The molecule has 26 heavy (non-hydrogen) atoms. The van der Waals surface area contributed by atoms with E-state index in [1.807, 2.05) is 12.1 Å². The highest BCUT2D eigenvalue weighted by Crippen LogP contribution is 2.37. The van der Waals surface area contributed by atoms with Crippen LogP contribution in [0, 0.1) is 11.3 Å². The van der Waals surface area contributed by atoms with E-state index in [-0.39, 0.29) is 17.8 Å². The maximum Gasteiger partial charge on any atom is 0.255 e. The van der Waals surface area contributed by atoms with Crippen molar-refractivity contribution in [2.75, 3.05) is 32.1 Å². The second-order valence-electron chi connectivity index (χ2n) is 7.40. The number of hydrogen-bond acceptors (Lipinski definition) is 4. The third-order valence-electron chi connectivity index (χ3n) is 5.82. The number of unbranched alkanes of at least 4 members (excludes halogenated alkanes) is 1. The van der Waals surface area contributed by atoms with Crippen LogP contribution in [0.4, 0.5) is 5.69 Å². The van der Waals surface area contributed by atoms with Crippen molar-refractivity contribution in [1.82, 2.24) is 10.2 Å². The van der Waals surface area contributed by atoms with Gasteiger partial charge in [0, 0.05) is 37.8 Å². The van der Waals surface area contributed by atoms with Crippen molar-refractivity contribution in [2.24, 2.45) is 5.92 Å². The zero-order valence-electron chi connectivity index (χ0n) is 16.0. The highest BCUT2D eigenvalue weighted by atomic mass is 16.5. The van der Waals surface area contributed by atoms with Crippen molar-refractivity contribution < 1.29 is 9.53 Å². The predicted molar refractivity (Wildman–Crippen MR) is 104 cm³/mol. The number of benzene rings is 1. The number of piperidine rings is 1. The van der Waals surface area contributed by atoms with Gasteiger partial charge in [0.05, 0.1) is 7.11 Å². The molecule has 1 amide bonds. The minimum Gasteiger partial charge on any atom is -0.497 e. The molecule has 0 radical (unpaired) electrons. The maximum absolute atomic E-state index is 13.1. The van der Waals surface area contributed by atoms with Gasteiger partial charge in [-0.05, 0) is 31.4 Å². The zero-order chi connectivity index (χ0) is 18.7. The molecule has 2 fully saturated rings. The van der Waals surface area contributed by atoms with Gasteiger partial charge >= 0.3 is 0 Å². The minimum atomic E-state index is -0.640. The highest BCUT2D eigenvalue weighted by Gasteiger charge is 2.53. The summed E-state index contributed by atoms with van der Waals surface area (Å²) in [5, 5.41) is 11.4. The normalized spacial score (nSPS) is 26.2. The second-order valence-corrected chi connectivity index (χ2v) is 7.40. The zero-order valence-corrected chi connectivity index (χ0v) is 16.0. The molecule has 2 aliphatic rings. The van der Waals surface area contributed by atoms with E-state index in [1.54, 1.807) is 14.2 Å². The minimum absolute atomic E-state index is 0.0495. The summed E-state index contributed by atoms with van der Waals surface area (Å²) in [4.78, 5) is 16.9. The summed E-state index contributed by atoms with van der Waals surface area (Å²) in [5.74, 6) is 1.31. The number of carbonyl (C=O) groups is 1. The first-order valence-electron chi connectivity index (χ1n) is 9.55. The Morgan fingerprint density at radius 1 is 1.42 bits per heavy atom. The first kappa shape index (κ1) is 18.5. The summed E-state index contributed by atoms with van der Waals surface area (Å²) in [6.07, 6.45) is 4.85. The van der Waals surface area contributed by atoms with E-state index in [1.165, 1.54) is 4.90 Å². The van der Waals surface area contributed by atoms with Crippen LogP contribution in [0.5, 0.6) is 5.75 Å². The summed E-state index contributed by atoms with van der Waals surface area (Å²) < 4.78 is 5.36. The van der Waals surface area contributed by atoms with Crippen molar-refractivity contribution in [3.8, 4) is 5.75 Å². The lowest BCUT2D eigenvalue weighted by Crippen LogP contribution is -2.58. The third kappa shape index (κ3) is 3.24. The first-order chi connectivity index (χ1) is 12.5. The van der Waals surface area contributed by atoms with Gasteiger partial charge in [-0.15, -0.1) is 0 Å². The molecule has 2 N–H and O–H groups in total. The largest absolute Gasteiger partial charge is 0.497 e. The van der Waals surface area contributed by atoms with Crippen LogP contribution in [0.3, 0.4) is 0 Å². The van der Waals surface area contributed by atoms with Crippen molar-refractivity contribution in [2.45, 2.75) is 44.6 Å². The Bertz CT molecular complexity index is 678. The SMILES string of the molecule is CCCC[C@]1([C@@H]2CCCN(c3cccc(OC)c3)C2)NC(=N)N(C)C1=O. The number of anilines is 1. The molecule has 2 saturated heterocycles. The Hall–Kier alpha value is -2.24. The van der Waals surface area contributed by atoms with Gasteiger partial charge in [0.1, 0.15) is 11.3 Å². The number of hydrogen-bond donors (Lipinski definition) is 2. The molecule has 0 spiro atoms. The van der Waals surface area contributed by atoms with Crippen molar-refractivity contribution in [3.05, 3.63) is 24.3 Å². The summed E-state index contributed by atoms with van der Waals surface area (Å²) in [7, 11) is 3.38. The fourth-order valence-electron chi connectivity index (χ4n) is 4.28. The number of carbonyl (C=O) groups excluding carboxylic acids is 1. The molecule has 0 bridgehead atoms. The molecule has 6 heteroatoms. The second kappa shape index (κ2) is 7.56. The van der Waals surface area contributed by atoms with Gasteiger partial charge in [0.25, 0.3) is 5.91 Å². The molecule has 0 aliphatic carbocycles. The van der Waals surface area contributed by atoms with Crippen LogP contribution >= 0.6 is 0 Å². The van der Waals surface area contributed by atoms with Crippen LogP contribution in [0.15, 0.2) is 24.3 Å². The average molecular weight is 358 g/mol. The first-order valence-corrected chi connectivity index (χ1v) is 9.55. The molecule has 3 rings (SSSR count). The molecule has 0 saturated carbocycles. The van der Waals surface area contributed by atoms with E-state index in [0.717, 1.165) is 56.6 Å². The van der Waals surface area contributed by atoms with Gasteiger partial charge in [-0.25, -0.2) is 0 Å². The topological polar surface area (TPSA) is 68.7 Å². The van der Waals surface area contributed by atoms with E-state index in [2.05, 4.69) is 29.3 Å². The van der Waals surface area contributed by atoms with Crippen LogP contribution in [0.25, 0.3) is 0 Å². The van der Waals surface area contributed by atoms with Crippen molar-refractivity contribution >= 4 is 17.6 Å². The number of guanidine groups is 1. The smallest absolute Gasteiger partial charge is 0.255 e. The lowest BCUT2D eigenvalue weighted by Gasteiger charge is -2.42. The summed E-state index contributed by atoms with van der Waals surface area (Å²) in [5.41, 5.74) is 0.493. The van der Waals surface area contributed by atoms with Crippen molar-refractivity contribution in [3.63, 3.8) is 0 Å². The molecule has 142 valence electrons. The number of nitrogens with one attached hydrogen (secondary N) is 2. The number of amides is 1.